The number of hydrogen-bond acceptors (Lipinski definition) is 3. The number of pyridine rings is 1. The van der Waals surface area contributed by atoms with Gasteiger partial charge in [0.15, 0.2) is 5.96 Å². The molecule has 1 amide bonds. The van der Waals surface area contributed by atoms with Gasteiger partial charge in [0, 0.05) is 51.4 Å². The maximum Gasteiger partial charge on any atom is 0.241 e. The van der Waals surface area contributed by atoms with Crippen LogP contribution in [0.15, 0.2) is 90.1 Å². The molecule has 3 aromatic rings. The van der Waals surface area contributed by atoms with E-state index in [4.69, 9.17) is 0 Å². The molecule has 0 aliphatic carbocycles. The third-order valence-electron chi connectivity index (χ3n) is 5.60. The molecule has 2 aromatic carbocycles. The topological polar surface area (TPSA) is 69.6 Å². The molecular weight excluding hydrogens is 537 g/mol. The number of carbonyl (C=O) groups is 1. The highest BCUT2D eigenvalue weighted by atomic mass is 127. The quantitative estimate of drug-likeness (QED) is 0.220. The third kappa shape index (κ3) is 9.13. The number of aromatic nitrogens is 1. The Morgan fingerprint density at radius 3 is 2.29 bits per heavy atom. The fourth-order valence-corrected chi connectivity index (χ4v) is 3.62. The Bertz CT molecular complexity index is 999. The summed E-state index contributed by atoms with van der Waals surface area (Å²) in [5.41, 5.74) is 3.54. The van der Waals surface area contributed by atoms with Gasteiger partial charge in [-0.15, -0.1) is 24.0 Å². The number of carbonyl (C=O) groups excluding carboxylic acids is 1. The van der Waals surface area contributed by atoms with E-state index in [1.807, 2.05) is 37.4 Å². The molecule has 6 nitrogen and oxygen atoms in total. The first-order valence-corrected chi connectivity index (χ1v) is 11.3. The average Bonchev–Trinajstić information content (AvgIpc) is 2.88. The Balaban J connectivity index is 0.00000408. The number of hydrogen-bond donors (Lipinski definition) is 2. The summed E-state index contributed by atoms with van der Waals surface area (Å²) in [6, 6.07) is 26.8. The second-order valence-electron chi connectivity index (χ2n) is 7.99. The fourth-order valence-electron chi connectivity index (χ4n) is 3.62. The van der Waals surface area contributed by atoms with E-state index in [0.29, 0.717) is 19.0 Å². The summed E-state index contributed by atoms with van der Waals surface area (Å²) < 4.78 is 0. The van der Waals surface area contributed by atoms with E-state index >= 15 is 0 Å². The molecule has 0 aliphatic rings. The Morgan fingerprint density at radius 1 is 0.971 bits per heavy atom. The van der Waals surface area contributed by atoms with E-state index in [1.54, 1.807) is 18.1 Å². The monoisotopic (exact) mass is 571 g/mol. The van der Waals surface area contributed by atoms with Crippen LogP contribution >= 0.6 is 24.0 Å². The van der Waals surface area contributed by atoms with Gasteiger partial charge in [0.05, 0.1) is 6.54 Å². The Kier molecular flexibility index (Phi) is 12.1. The van der Waals surface area contributed by atoms with E-state index in [-0.39, 0.29) is 42.3 Å². The van der Waals surface area contributed by atoms with E-state index in [0.717, 1.165) is 18.5 Å². The number of aliphatic imine (C=N–C) groups is 1. The minimum absolute atomic E-state index is 0. The SMILES string of the molecule is CN=C(NCC(=O)N(C)CCc1ccccn1)NCC(Cc1ccccc1)c1ccccc1.I. The number of halogens is 1. The molecule has 2 N–H and O–H groups in total. The molecule has 0 saturated heterocycles. The summed E-state index contributed by atoms with van der Waals surface area (Å²) in [6.45, 7) is 1.52. The van der Waals surface area contributed by atoms with Crippen molar-refractivity contribution in [1.82, 2.24) is 20.5 Å². The lowest BCUT2D eigenvalue weighted by atomic mass is 9.92. The standard InChI is InChI=1S/C27H33N5O.HI/c1-28-27(31-21-26(33)32(2)18-16-25-15-9-10-17-29-25)30-20-24(23-13-7-4-8-14-23)19-22-11-5-3-6-12-22;/h3-15,17,24H,16,18-21H2,1-2H3,(H2,28,30,31);1H. The van der Waals surface area contributed by atoms with Crippen LogP contribution in [0.25, 0.3) is 0 Å². The van der Waals surface area contributed by atoms with Gasteiger partial charge in [-0.2, -0.15) is 0 Å². The fraction of sp³-hybridized carbons (Fsp3) is 0.296. The molecular formula is C27H34IN5O. The van der Waals surface area contributed by atoms with E-state index in [9.17, 15) is 4.79 Å². The predicted molar refractivity (Wildman–Crippen MR) is 150 cm³/mol. The van der Waals surface area contributed by atoms with Crippen molar-refractivity contribution in [1.29, 1.82) is 0 Å². The van der Waals surface area contributed by atoms with Crippen molar-refractivity contribution >= 4 is 35.8 Å². The maximum absolute atomic E-state index is 12.5. The Labute approximate surface area is 219 Å². The van der Waals surface area contributed by atoms with E-state index in [1.165, 1.54) is 11.1 Å². The number of nitrogens with one attached hydrogen (secondary N) is 2. The molecule has 0 saturated carbocycles. The normalized spacial score (nSPS) is 11.8. The smallest absolute Gasteiger partial charge is 0.241 e. The van der Waals surface area contributed by atoms with Crippen molar-refractivity contribution in [3.63, 3.8) is 0 Å². The summed E-state index contributed by atoms with van der Waals surface area (Å²) in [7, 11) is 3.54. The summed E-state index contributed by atoms with van der Waals surface area (Å²) in [5.74, 6) is 0.914. The van der Waals surface area contributed by atoms with Crippen molar-refractivity contribution in [3.8, 4) is 0 Å². The van der Waals surface area contributed by atoms with Crippen molar-refractivity contribution in [3.05, 3.63) is 102 Å². The van der Waals surface area contributed by atoms with Gasteiger partial charge in [0.2, 0.25) is 5.91 Å². The molecule has 1 heterocycles. The van der Waals surface area contributed by atoms with Crippen LogP contribution in [-0.2, 0) is 17.6 Å². The zero-order valence-corrected chi connectivity index (χ0v) is 22.2. The molecule has 180 valence electrons. The number of rotatable bonds is 10. The summed E-state index contributed by atoms with van der Waals surface area (Å²) in [6.07, 6.45) is 3.42. The van der Waals surface area contributed by atoms with E-state index < -0.39 is 0 Å². The molecule has 1 unspecified atom stereocenters. The van der Waals surface area contributed by atoms with E-state index in [2.05, 4.69) is 69.1 Å². The van der Waals surface area contributed by atoms with Gasteiger partial charge in [-0.3, -0.25) is 14.8 Å². The molecule has 0 radical (unpaired) electrons. The lowest BCUT2D eigenvalue weighted by molar-refractivity contribution is -0.128. The minimum atomic E-state index is 0. The maximum atomic E-state index is 12.5. The van der Waals surface area contributed by atoms with Gasteiger partial charge in [-0.25, -0.2) is 0 Å². The molecule has 1 aromatic heterocycles. The van der Waals surface area contributed by atoms with Crippen LogP contribution < -0.4 is 10.6 Å². The van der Waals surface area contributed by atoms with Gasteiger partial charge >= 0.3 is 0 Å². The Morgan fingerprint density at radius 2 is 1.65 bits per heavy atom. The molecule has 0 aliphatic heterocycles. The largest absolute Gasteiger partial charge is 0.356 e. The molecule has 1 atom stereocenters. The number of guanidine groups is 1. The number of benzene rings is 2. The summed E-state index contributed by atoms with van der Waals surface area (Å²) in [5, 5.41) is 6.55. The second-order valence-corrected chi connectivity index (χ2v) is 7.99. The lowest BCUT2D eigenvalue weighted by Gasteiger charge is -2.21. The van der Waals surface area contributed by atoms with Crippen molar-refractivity contribution < 1.29 is 4.79 Å². The van der Waals surface area contributed by atoms with Crippen LogP contribution in [0.2, 0.25) is 0 Å². The average molecular weight is 572 g/mol. The summed E-state index contributed by atoms with van der Waals surface area (Å²) >= 11 is 0. The molecule has 7 heteroatoms. The molecule has 0 spiro atoms. The van der Waals surface area contributed by atoms with Crippen molar-refractivity contribution in [2.75, 3.05) is 33.7 Å². The highest BCUT2D eigenvalue weighted by Crippen LogP contribution is 2.20. The van der Waals surface area contributed by atoms with Crippen LogP contribution in [-0.4, -0.2) is 55.5 Å². The van der Waals surface area contributed by atoms with Gasteiger partial charge in [0.1, 0.15) is 0 Å². The second kappa shape index (κ2) is 15.1. The zero-order chi connectivity index (χ0) is 23.3. The van der Waals surface area contributed by atoms with Gasteiger partial charge in [0.25, 0.3) is 0 Å². The Hall–Kier alpha value is -2.94. The predicted octanol–water partition coefficient (Wildman–Crippen LogP) is 3.89. The van der Waals surface area contributed by atoms with Crippen LogP contribution in [0.4, 0.5) is 0 Å². The highest BCUT2D eigenvalue weighted by Gasteiger charge is 2.14. The molecule has 0 fully saturated rings. The lowest BCUT2D eigenvalue weighted by Crippen LogP contribution is -2.45. The first-order valence-electron chi connectivity index (χ1n) is 11.3. The highest BCUT2D eigenvalue weighted by molar-refractivity contribution is 14.0. The molecule has 3 rings (SSSR count). The van der Waals surface area contributed by atoms with Crippen LogP contribution in [0, 0.1) is 0 Å². The minimum Gasteiger partial charge on any atom is -0.356 e. The summed E-state index contributed by atoms with van der Waals surface area (Å²) in [4.78, 5) is 22.9. The number of nitrogens with zero attached hydrogens (tertiary/aromatic N) is 3. The van der Waals surface area contributed by atoms with Crippen LogP contribution in [0.1, 0.15) is 22.7 Å². The van der Waals surface area contributed by atoms with Crippen LogP contribution in [0.3, 0.4) is 0 Å². The van der Waals surface area contributed by atoms with Gasteiger partial charge in [-0.05, 0) is 29.7 Å². The first-order chi connectivity index (χ1) is 16.2. The zero-order valence-electron chi connectivity index (χ0n) is 19.9. The van der Waals surface area contributed by atoms with Crippen LogP contribution in [0.5, 0.6) is 0 Å². The molecule has 0 bridgehead atoms. The first kappa shape index (κ1) is 27.3. The van der Waals surface area contributed by atoms with Gasteiger partial charge in [-0.1, -0.05) is 66.7 Å². The number of amides is 1. The van der Waals surface area contributed by atoms with Gasteiger partial charge < -0.3 is 15.5 Å². The molecule has 34 heavy (non-hydrogen) atoms. The number of likely N-dealkylation sites (N-methyl/N-ethyl adjacent to an activating group) is 1. The van der Waals surface area contributed by atoms with Crippen molar-refractivity contribution in [2.24, 2.45) is 4.99 Å². The third-order valence-corrected chi connectivity index (χ3v) is 5.60. The van der Waals surface area contributed by atoms with Crippen molar-refractivity contribution in [2.45, 2.75) is 18.8 Å².